The van der Waals surface area contributed by atoms with Gasteiger partial charge in [0.05, 0.1) is 0 Å². The van der Waals surface area contributed by atoms with E-state index >= 15 is 0 Å². The van der Waals surface area contributed by atoms with Crippen LogP contribution in [0.5, 0.6) is 0 Å². The second kappa shape index (κ2) is 4.09. The number of aryl methyl sites for hydroxylation is 1. The van der Waals surface area contributed by atoms with Gasteiger partial charge in [-0.1, -0.05) is 15.9 Å². The summed E-state index contributed by atoms with van der Waals surface area (Å²) in [4.78, 5) is 12.0. The first-order valence-electron chi connectivity index (χ1n) is 4.67. The van der Waals surface area contributed by atoms with Gasteiger partial charge in [0.1, 0.15) is 5.69 Å². The number of hydrogen-bond donors (Lipinski definition) is 1. The largest absolute Gasteiger partial charge is 0.398 e. The number of ketones is 1. The fourth-order valence-electron chi connectivity index (χ4n) is 1.41. The van der Waals surface area contributed by atoms with Crippen LogP contribution in [0.4, 0.5) is 5.69 Å². The summed E-state index contributed by atoms with van der Waals surface area (Å²) in [6, 6.07) is 6.85. The normalized spacial score (nSPS) is 10.4. The van der Waals surface area contributed by atoms with E-state index in [0.717, 1.165) is 4.47 Å². The number of benzene rings is 1. The third-order valence-corrected chi connectivity index (χ3v) is 2.70. The zero-order valence-electron chi connectivity index (χ0n) is 8.64. The maximum absolute atomic E-state index is 12.0. The first-order valence-corrected chi connectivity index (χ1v) is 5.46. The van der Waals surface area contributed by atoms with Crippen LogP contribution in [-0.4, -0.2) is 15.6 Å². The summed E-state index contributed by atoms with van der Waals surface area (Å²) in [7, 11) is 1.77. The molecule has 0 saturated heterocycles. The highest BCUT2D eigenvalue weighted by Crippen LogP contribution is 2.20. The molecule has 0 bridgehead atoms. The van der Waals surface area contributed by atoms with E-state index in [2.05, 4.69) is 21.0 Å². The number of hydrogen-bond acceptors (Lipinski definition) is 3. The molecule has 5 heteroatoms. The van der Waals surface area contributed by atoms with Gasteiger partial charge in [-0.3, -0.25) is 9.48 Å². The van der Waals surface area contributed by atoms with Gasteiger partial charge in [0.15, 0.2) is 0 Å². The van der Waals surface area contributed by atoms with E-state index < -0.39 is 0 Å². The second-order valence-corrected chi connectivity index (χ2v) is 4.35. The van der Waals surface area contributed by atoms with Crippen molar-refractivity contribution in [1.29, 1.82) is 0 Å². The number of nitrogens with two attached hydrogens (primary N) is 1. The van der Waals surface area contributed by atoms with E-state index in [1.165, 1.54) is 0 Å². The maximum atomic E-state index is 12.0. The quantitative estimate of drug-likeness (QED) is 0.676. The van der Waals surface area contributed by atoms with Crippen LogP contribution in [0.2, 0.25) is 0 Å². The molecule has 0 unspecified atom stereocenters. The molecule has 0 spiro atoms. The number of rotatable bonds is 2. The van der Waals surface area contributed by atoms with Gasteiger partial charge in [0.2, 0.25) is 5.78 Å². The molecular weight excluding hydrogens is 270 g/mol. The zero-order chi connectivity index (χ0) is 11.7. The fraction of sp³-hybridized carbons (Fsp3) is 0.0909. The van der Waals surface area contributed by atoms with Crippen LogP contribution in [0.3, 0.4) is 0 Å². The average molecular weight is 280 g/mol. The molecule has 1 aromatic carbocycles. The van der Waals surface area contributed by atoms with E-state index in [1.54, 1.807) is 42.2 Å². The average Bonchev–Trinajstić information content (AvgIpc) is 2.64. The van der Waals surface area contributed by atoms with Crippen molar-refractivity contribution < 1.29 is 4.79 Å². The van der Waals surface area contributed by atoms with Crippen molar-refractivity contribution in [2.45, 2.75) is 0 Å². The summed E-state index contributed by atoms with van der Waals surface area (Å²) in [5.41, 5.74) is 7.10. The van der Waals surface area contributed by atoms with Crippen molar-refractivity contribution in [3.05, 3.63) is 46.2 Å². The van der Waals surface area contributed by atoms with Crippen molar-refractivity contribution >= 4 is 27.4 Å². The molecule has 0 radical (unpaired) electrons. The van der Waals surface area contributed by atoms with Crippen molar-refractivity contribution in [2.24, 2.45) is 7.05 Å². The first kappa shape index (κ1) is 10.9. The molecule has 2 N–H and O–H groups in total. The lowest BCUT2D eigenvalue weighted by atomic mass is 10.1. The summed E-state index contributed by atoms with van der Waals surface area (Å²) in [6.07, 6.45) is 1.72. The predicted octanol–water partition coefficient (Wildman–Crippen LogP) is 2.00. The van der Waals surface area contributed by atoms with Crippen LogP contribution < -0.4 is 5.73 Å². The molecular formula is C11H10BrN3O. The molecule has 0 saturated carbocycles. The Morgan fingerprint density at radius 3 is 2.75 bits per heavy atom. The van der Waals surface area contributed by atoms with Gasteiger partial charge in [-0.25, -0.2) is 0 Å². The Balaban J connectivity index is 2.41. The highest BCUT2D eigenvalue weighted by atomic mass is 79.9. The Morgan fingerprint density at radius 2 is 2.19 bits per heavy atom. The summed E-state index contributed by atoms with van der Waals surface area (Å²) in [5, 5.41) is 4.05. The van der Waals surface area contributed by atoms with Gasteiger partial charge in [-0.2, -0.15) is 5.10 Å². The molecule has 1 aromatic heterocycles. The summed E-state index contributed by atoms with van der Waals surface area (Å²) < 4.78 is 2.44. The number of carbonyl (C=O) groups is 1. The van der Waals surface area contributed by atoms with Gasteiger partial charge < -0.3 is 5.73 Å². The molecule has 2 rings (SSSR count). The highest BCUT2D eigenvalue weighted by Gasteiger charge is 2.14. The van der Waals surface area contributed by atoms with Crippen LogP contribution in [0.15, 0.2) is 34.9 Å². The molecule has 82 valence electrons. The number of nitrogens with zero attached hydrogens (tertiary/aromatic N) is 2. The maximum Gasteiger partial charge on any atom is 0.215 e. The molecule has 0 atom stereocenters. The number of halogens is 1. The van der Waals surface area contributed by atoms with Crippen molar-refractivity contribution in [1.82, 2.24) is 9.78 Å². The van der Waals surface area contributed by atoms with E-state index in [1.807, 2.05) is 0 Å². The van der Waals surface area contributed by atoms with Gasteiger partial charge in [0.25, 0.3) is 0 Å². The molecule has 0 aliphatic heterocycles. The number of anilines is 1. The summed E-state index contributed by atoms with van der Waals surface area (Å²) in [6.45, 7) is 0. The molecule has 0 aliphatic carbocycles. The monoisotopic (exact) mass is 279 g/mol. The Bertz CT molecular complexity index is 548. The molecule has 16 heavy (non-hydrogen) atoms. The fourth-order valence-corrected chi connectivity index (χ4v) is 1.79. The zero-order valence-corrected chi connectivity index (χ0v) is 10.2. The standard InChI is InChI=1S/C11H10BrN3O/c1-15-5-4-10(14-15)11(16)8-3-2-7(12)6-9(8)13/h2-6H,13H2,1H3. The Morgan fingerprint density at radius 1 is 1.44 bits per heavy atom. The first-order chi connectivity index (χ1) is 7.58. The van der Waals surface area contributed by atoms with Crippen LogP contribution in [0.25, 0.3) is 0 Å². The lowest BCUT2D eigenvalue weighted by molar-refractivity contribution is 0.103. The third-order valence-electron chi connectivity index (χ3n) is 2.20. The predicted molar refractivity (Wildman–Crippen MR) is 65.2 cm³/mol. The molecule has 1 heterocycles. The molecule has 0 aliphatic rings. The summed E-state index contributed by atoms with van der Waals surface area (Å²) >= 11 is 3.29. The topological polar surface area (TPSA) is 60.9 Å². The van der Waals surface area contributed by atoms with Crippen molar-refractivity contribution in [3.63, 3.8) is 0 Å². The smallest absolute Gasteiger partial charge is 0.215 e. The van der Waals surface area contributed by atoms with Gasteiger partial charge in [-0.05, 0) is 24.3 Å². The van der Waals surface area contributed by atoms with Gasteiger partial charge >= 0.3 is 0 Å². The van der Waals surface area contributed by atoms with Gasteiger partial charge in [0, 0.05) is 29.0 Å². The van der Waals surface area contributed by atoms with Crippen LogP contribution in [0.1, 0.15) is 16.1 Å². The SMILES string of the molecule is Cn1ccc(C(=O)c2ccc(Br)cc2N)n1. The summed E-state index contributed by atoms with van der Waals surface area (Å²) in [5.74, 6) is -0.161. The molecule has 2 aromatic rings. The molecule has 4 nitrogen and oxygen atoms in total. The van der Waals surface area contributed by atoms with Gasteiger partial charge in [-0.15, -0.1) is 0 Å². The van der Waals surface area contributed by atoms with E-state index in [-0.39, 0.29) is 5.78 Å². The Kier molecular flexibility index (Phi) is 2.78. The van der Waals surface area contributed by atoms with Crippen LogP contribution in [0, 0.1) is 0 Å². The molecule has 0 amide bonds. The van der Waals surface area contributed by atoms with E-state index in [0.29, 0.717) is 16.9 Å². The number of aromatic nitrogens is 2. The van der Waals surface area contributed by atoms with Crippen LogP contribution >= 0.6 is 15.9 Å². The van der Waals surface area contributed by atoms with Crippen LogP contribution in [-0.2, 0) is 7.05 Å². The Hall–Kier alpha value is -1.62. The van der Waals surface area contributed by atoms with E-state index in [4.69, 9.17) is 5.73 Å². The minimum atomic E-state index is -0.161. The lowest BCUT2D eigenvalue weighted by Gasteiger charge is -2.02. The number of nitrogen functional groups attached to an aromatic ring is 1. The van der Waals surface area contributed by atoms with Crippen molar-refractivity contribution in [3.8, 4) is 0 Å². The number of carbonyl (C=O) groups excluding carboxylic acids is 1. The van der Waals surface area contributed by atoms with Crippen molar-refractivity contribution in [2.75, 3.05) is 5.73 Å². The highest BCUT2D eigenvalue weighted by molar-refractivity contribution is 9.10. The lowest BCUT2D eigenvalue weighted by Crippen LogP contribution is -2.06. The Labute approximate surface area is 101 Å². The third kappa shape index (κ3) is 1.99. The molecule has 0 fully saturated rings. The minimum absolute atomic E-state index is 0.161. The minimum Gasteiger partial charge on any atom is -0.398 e. The second-order valence-electron chi connectivity index (χ2n) is 3.44. The van der Waals surface area contributed by atoms with E-state index in [9.17, 15) is 4.79 Å².